The first-order valence-electron chi connectivity index (χ1n) is 8.86. The highest BCUT2D eigenvalue weighted by Gasteiger charge is 2.17. The zero-order valence-corrected chi connectivity index (χ0v) is 15.9. The van der Waals surface area contributed by atoms with Crippen molar-refractivity contribution in [3.05, 3.63) is 34.9 Å². The summed E-state index contributed by atoms with van der Waals surface area (Å²) < 4.78 is 10.5. The number of rotatable bonds is 12. The van der Waals surface area contributed by atoms with Crippen molar-refractivity contribution in [2.45, 2.75) is 39.5 Å². The molecular formula is C19H28ClNO4. The predicted molar refractivity (Wildman–Crippen MR) is 98.9 cm³/mol. The van der Waals surface area contributed by atoms with Crippen LogP contribution in [0.1, 0.15) is 49.9 Å². The number of esters is 1. The summed E-state index contributed by atoms with van der Waals surface area (Å²) in [5.41, 5.74) is 0.556. The van der Waals surface area contributed by atoms with Crippen molar-refractivity contribution < 1.29 is 19.1 Å². The quantitative estimate of drug-likeness (QED) is 0.413. The van der Waals surface area contributed by atoms with Crippen LogP contribution in [0.15, 0.2) is 24.3 Å². The summed E-state index contributed by atoms with van der Waals surface area (Å²) in [7, 11) is 0. The topological polar surface area (TPSA) is 55.8 Å². The third kappa shape index (κ3) is 8.89. The molecule has 5 nitrogen and oxygen atoms in total. The van der Waals surface area contributed by atoms with Crippen LogP contribution in [0.3, 0.4) is 0 Å². The average Bonchev–Trinajstić information content (AvgIpc) is 2.61. The molecule has 1 aromatic carbocycles. The molecular weight excluding hydrogens is 342 g/mol. The molecule has 0 saturated heterocycles. The Labute approximate surface area is 155 Å². The van der Waals surface area contributed by atoms with Gasteiger partial charge in [0.05, 0.1) is 13.0 Å². The van der Waals surface area contributed by atoms with E-state index in [2.05, 4.69) is 6.92 Å². The van der Waals surface area contributed by atoms with Crippen LogP contribution in [-0.2, 0) is 14.3 Å². The van der Waals surface area contributed by atoms with E-state index in [9.17, 15) is 9.59 Å². The van der Waals surface area contributed by atoms with Crippen LogP contribution in [-0.4, -0.2) is 49.7 Å². The molecule has 0 fully saturated rings. The Bertz CT molecular complexity index is 519. The second-order valence-electron chi connectivity index (χ2n) is 5.67. The third-order valence-corrected chi connectivity index (χ3v) is 3.88. The van der Waals surface area contributed by atoms with E-state index in [1.54, 1.807) is 36.1 Å². The second-order valence-corrected chi connectivity index (χ2v) is 6.11. The average molecular weight is 370 g/mol. The van der Waals surface area contributed by atoms with Gasteiger partial charge in [-0.2, -0.15) is 0 Å². The SMILES string of the molecule is CCCCOCCCN(CCC(=O)OCC)C(=O)c1ccc(Cl)cc1. The Morgan fingerprint density at radius 1 is 1.04 bits per heavy atom. The predicted octanol–water partition coefficient (Wildman–Crippen LogP) is 3.94. The summed E-state index contributed by atoms with van der Waals surface area (Å²) in [5.74, 6) is -0.412. The number of amides is 1. The lowest BCUT2D eigenvalue weighted by Gasteiger charge is -2.22. The van der Waals surface area contributed by atoms with Crippen LogP contribution < -0.4 is 0 Å². The van der Waals surface area contributed by atoms with E-state index in [-0.39, 0.29) is 18.3 Å². The van der Waals surface area contributed by atoms with E-state index in [0.29, 0.717) is 36.9 Å². The van der Waals surface area contributed by atoms with E-state index in [1.165, 1.54) is 0 Å². The number of halogens is 1. The number of hydrogen-bond donors (Lipinski definition) is 0. The van der Waals surface area contributed by atoms with Gasteiger partial charge in [0.1, 0.15) is 0 Å². The van der Waals surface area contributed by atoms with Crippen molar-refractivity contribution in [2.24, 2.45) is 0 Å². The Hall–Kier alpha value is -1.59. The van der Waals surface area contributed by atoms with Gasteiger partial charge in [0.2, 0.25) is 0 Å². The van der Waals surface area contributed by atoms with Crippen LogP contribution in [0.4, 0.5) is 0 Å². The summed E-state index contributed by atoms with van der Waals surface area (Å²) in [6.45, 7) is 6.43. The number of nitrogens with zero attached hydrogens (tertiary/aromatic N) is 1. The van der Waals surface area contributed by atoms with Crippen LogP contribution in [0.5, 0.6) is 0 Å². The van der Waals surface area contributed by atoms with Gasteiger partial charge in [-0.1, -0.05) is 24.9 Å². The maximum atomic E-state index is 12.7. The van der Waals surface area contributed by atoms with Gasteiger partial charge in [0.25, 0.3) is 5.91 Å². The van der Waals surface area contributed by atoms with E-state index in [4.69, 9.17) is 21.1 Å². The number of benzene rings is 1. The van der Waals surface area contributed by atoms with Gasteiger partial charge >= 0.3 is 5.97 Å². The molecule has 0 aliphatic carbocycles. The molecule has 140 valence electrons. The first kappa shape index (κ1) is 21.5. The maximum absolute atomic E-state index is 12.7. The number of carbonyl (C=O) groups is 2. The number of ether oxygens (including phenoxy) is 2. The molecule has 0 heterocycles. The van der Waals surface area contributed by atoms with E-state index >= 15 is 0 Å². The van der Waals surface area contributed by atoms with Crippen LogP contribution >= 0.6 is 11.6 Å². The molecule has 0 aromatic heterocycles. The van der Waals surface area contributed by atoms with Crippen molar-refractivity contribution in [3.8, 4) is 0 Å². The lowest BCUT2D eigenvalue weighted by atomic mass is 10.2. The second kappa shape index (κ2) is 12.7. The molecule has 0 bridgehead atoms. The fourth-order valence-electron chi connectivity index (χ4n) is 2.26. The summed E-state index contributed by atoms with van der Waals surface area (Å²) in [6, 6.07) is 6.76. The molecule has 1 amide bonds. The zero-order valence-electron chi connectivity index (χ0n) is 15.1. The molecule has 1 aromatic rings. The molecule has 1 rings (SSSR count). The molecule has 0 N–H and O–H groups in total. The van der Waals surface area contributed by atoms with Gasteiger partial charge in [-0.15, -0.1) is 0 Å². The first-order valence-corrected chi connectivity index (χ1v) is 9.24. The largest absolute Gasteiger partial charge is 0.466 e. The van der Waals surface area contributed by atoms with E-state index in [0.717, 1.165) is 25.9 Å². The first-order chi connectivity index (χ1) is 12.1. The molecule has 0 radical (unpaired) electrons. The van der Waals surface area contributed by atoms with Gasteiger partial charge in [0, 0.05) is 36.9 Å². The Balaban J connectivity index is 2.58. The van der Waals surface area contributed by atoms with Gasteiger partial charge in [-0.05, 0) is 44.0 Å². The van der Waals surface area contributed by atoms with Crippen LogP contribution in [0.2, 0.25) is 5.02 Å². The molecule has 0 aliphatic rings. The van der Waals surface area contributed by atoms with E-state index < -0.39 is 0 Å². The summed E-state index contributed by atoms with van der Waals surface area (Å²) in [4.78, 5) is 25.9. The minimum Gasteiger partial charge on any atom is -0.466 e. The summed E-state index contributed by atoms with van der Waals surface area (Å²) >= 11 is 5.87. The van der Waals surface area contributed by atoms with Crippen molar-refractivity contribution >= 4 is 23.5 Å². The molecule has 0 aliphatic heterocycles. The Kier molecular flexibility index (Phi) is 10.9. The fourth-order valence-corrected chi connectivity index (χ4v) is 2.38. The highest BCUT2D eigenvalue weighted by atomic mass is 35.5. The van der Waals surface area contributed by atoms with Crippen molar-refractivity contribution in [1.82, 2.24) is 4.90 Å². The number of unbranched alkanes of at least 4 members (excludes halogenated alkanes) is 1. The molecule has 0 spiro atoms. The minimum absolute atomic E-state index is 0.116. The standard InChI is InChI=1S/C19H28ClNO4/c1-3-5-14-24-15-6-12-21(13-11-18(22)25-4-2)19(23)16-7-9-17(20)10-8-16/h7-10H,3-6,11-15H2,1-2H3. The van der Waals surface area contributed by atoms with Crippen molar-refractivity contribution in [1.29, 1.82) is 0 Å². The zero-order chi connectivity index (χ0) is 18.5. The van der Waals surface area contributed by atoms with Crippen molar-refractivity contribution in [3.63, 3.8) is 0 Å². The van der Waals surface area contributed by atoms with Crippen LogP contribution in [0.25, 0.3) is 0 Å². The van der Waals surface area contributed by atoms with Gasteiger partial charge in [-0.25, -0.2) is 0 Å². The van der Waals surface area contributed by atoms with Gasteiger partial charge < -0.3 is 14.4 Å². The van der Waals surface area contributed by atoms with Gasteiger partial charge in [-0.3, -0.25) is 9.59 Å². The van der Waals surface area contributed by atoms with Gasteiger partial charge in [0.15, 0.2) is 0 Å². The van der Waals surface area contributed by atoms with E-state index in [1.807, 2.05) is 0 Å². The Morgan fingerprint density at radius 2 is 1.72 bits per heavy atom. The maximum Gasteiger partial charge on any atom is 0.307 e. The number of hydrogen-bond acceptors (Lipinski definition) is 4. The molecule has 6 heteroatoms. The molecule has 0 atom stereocenters. The third-order valence-electron chi connectivity index (χ3n) is 3.63. The Morgan fingerprint density at radius 3 is 2.36 bits per heavy atom. The highest BCUT2D eigenvalue weighted by molar-refractivity contribution is 6.30. The fraction of sp³-hybridized carbons (Fsp3) is 0.579. The molecule has 0 saturated carbocycles. The smallest absolute Gasteiger partial charge is 0.307 e. The summed E-state index contributed by atoms with van der Waals surface area (Å²) in [6.07, 6.45) is 3.05. The number of carbonyl (C=O) groups excluding carboxylic acids is 2. The van der Waals surface area contributed by atoms with Crippen molar-refractivity contribution in [2.75, 3.05) is 32.9 Å². The summed E-state index contributed by atoms with van der Waals surface area (Å²) in [5, 5.41) is 0.582. The monoisotopic (exact) mass is 369 g/mol. The minimum atomic E-state index is -0.296. The lowest BCUT2D eigenvalue weighted by molar-refractivity contribution is -0.143. The lowest BCUT2D eigenvalue weighted by Crippen LogP contribution is -2.34. The highest BCUT2D eigenvalue weighted by Crippen LogP contribution is 2.12. The molecule has 25 heavy (non-hydrogen) atoms. The molecule has 0 unspecified atom stereocenters. The van der Waals surface area contributed by atoms with Crippen LogP contribution in [0, 0.1) is 0 Å². The normalized spacial score (nSPS) is 10.5.